The first kappa shape index (κ1) is 27.5. The molecule has 0 saturated carbocycles. The van der Waals surface area contributed by atoms with E-state index in [1.165, 1.54) is 55.2 Å². The fourth-order valence-electron chi connectivity index (χ4n) is 7.75. The third-order valence-electron chi connectivity index (χ3n) is 9.97. The molecule has 0 radical (unpaired) electrons. The highest BCUT2D eigenvalue weighted by atomic mass is 15.1. The van der Waals surface area contributed by atoms with E-state index in [4.69, 9.17) is 0 Å². The zero-order valence-corrected chi connectivity index (χ0v) is 26.6. The summed E-state index contributed by atoms with van der Waals surface area (Å²) in [5.74, 6) is 0. The molecule has 47 heavy (non-hydrogen) atoms. The van der Waals surface area contributed by atoms with E-state index in [0.717, 1.165) is 22.7 Å². The van der Waals surface area contributed by atoms with Crippen molar-refractivity contribution in [3.05, 3.63) is 181 Å². The second kappa shape index (κ2) is 10.6. The fraction of sp³-hybridized carbons (Fsp3) is 0.0667. The lowest BCUT2D eigenvalue weighted by molar-refractivity contribution is 0.660. The van der Waals surface area contributed by atoms with E-state index in [-0.39, 0.29) is 5.41 Å². The summed E-state index contributed by atoms with van der Waals surface area (Å²) in [5, 5.41) is 2.51. The molecular weight excluding hydrogens is 569 g/mol. The monoisotopic (exact) mass is 602 g/mol. The Bertz CT molecular complexity index is 2420. The van der Waals surface area contributed by atoms with Gasteiger partial charge in [0.2, 0.25) is 0 Å². The van der Waals surface area contributed by atoms with Gasteiger partial charge in [0.05, 0.1) is 11.0 Å². The number of para-hydroxylation sites is 3. The van der Waals surface area contributed by atoms with Crippen molar-refractivity contribution >= 4 is 38.9 Å². The molecule has 2 nitrogen and oxygen atoms in total. The quantitative estimate of drug-likeness (QED) is 0.190. The van der Waals surface area contributed by atoms with Gasteiger partial charge < -0.3 is 9.47 Å². The molecule has 7 aromatic carbocycles. The molecule has 1 aliphatic carbocycles. The Morgan fingerprint density at radius 1 is 0.447 bits per heavy atom. The molecule has 0 saturated heterocycles. The molecule has 1 heterocycles. The second-order valence-corrected chi connectivity index (χ2v) is 13.0. The normalized spacial score (nSPS) is 13.1. The summed E-state index contributed by atoms with van der Waals surface area (Å²) < 4.78 is 2.39. The van der Waals surface area contributed by atoms with Crippen LogP contribution in [-0.2, 0) is 5.41 Å². The Morgan fingerprint density at radius 3 is 1.87 bits per heavy atom. The van der Waals surface area contributed by atoms with Crippen LogP contribution in [0, 0.1) is 0 Å². The van der Waals surface area contributed by atoms with Crippen molar-refractivity contribution in [3.8, 4) is 27.9 Å². The molecule has 0 N–H and O–H groups in total. The lowest BCUT2D eigenvalue weighted by Gasteiger charge is -2.28. The predicted molar refractivity (Wildman–Crippen MR) is 198 cm³/mol. The van der Waals surface area contributed by atoms with Gasteiger partial charge in [-0.15, -0.1) is 0 Å². The third-order valence-corrected chi connectivity index (χ3v) is 9.97. The molecule has 0 unspecified atom stereocenters. The van der Waals surface area contributed by atoms with E-state index in [1.807, 2.05) is 0 Å². The highest BCUT2D eigenvalue weighted by Crippen LogP contribution is 2.53. The first-order valence-electron chi connectivity index (χ1n) is 16.4. The van der Waals surface area contributed by atoms with Crippen molar-refractivity contribution < 1.29 is 0 Å². The van der Waals surface area contributed by atoms with Gasteiger partial charge in [0.15, 0.2) is 0 Å². The molecule has 0 aliphatic heterocycles. The number of nitrogens with zero attached hydrogens (tertiary/aromatic N) is 2. The highest BCUT2D eigenvalue weighted by molar-refractivity contribution is 6.10. The van der Waals surface area contributed by atoms with Crippen molar-refractivity contribution in [3.63, 3.8) is 0 Å². The van der Waals surface area contributed by atoms with E-state index >= 15 is 0 Å². The van der Waals surface area contributed by atoms with Crippen LogP contribution in [0.5, 0.6) is 0 Å². The van der Waals surface area contributed by atoms with Gasteiger partial charge in [-0.05, 0) is 88.0 Å². The van der Waals surface area contributed by atoms with Crippen molar-refractivity contribution in [2.75, 3.05) is 4.90 Å². The zero-order valence-electron chi connectivity index (χ0n) is 26.6. The van der Waals surface area contributed by atoms with Crippen LogP contribution in [0.4, 0.5) is 17.1 Å². The van der Waals surface area contributed by atoms with Crippen molar-refractivity contribution in [1.82, 2.24) is 4.57 Å². The van der Waals surface area contributed by atoms with E-state index in [2.05, 4.69) is 193 Å². The number of rotatable bonds is 5. The van der Waals surface area contributed by atoms with Crippen LogP contribution in [0.15, 0.2) is 170 Å². The first-order chi connectivity index (χ1) is 23.1. The molecule has 8 aromatic rings. The lowest BCUT2D eigenvalue weighted by Crippen LogP contribution is -2.16. The maximum atomic E-state index is 2.42. The van der Waals surface area contributed by atoms with Gasteiger partial charge in [-0.2, -0.15) is 0 Å². The van der Waals surface area contributed by atoms with Gasteiger partial charge in [0.25, 0.3) is 0 Å². The molecule has 224 valence electrons. The molecular formula is C45H34N2. The molecule has 9 rings (SSSR count). The summed E-state index contributed by atoms with van der Waals surface area (Å²) in [4.78, 5) is 2.41. The van der Waals surface area contributed by atoms with Crippen LogP contribution in [0.25, 0.3) is 49.7 Å². The maximum Gasteiger partial charge on any atom is 0.0561 e. The minimum atomic E-state index is -0.141. The van der Waals surface area contributed by atoms with Gasteiger partial charge in [-0.1, -0.05) is 129 Å². The summed E-state index contributed by atoms with van der Waals surface area (Å²) in [6, 6.07) is 61.7. The fourth-order valence-corrected chi connectivity index (χ4v) is 7.75. The predicted octanol–water partition coefficient (Wildman–Crippen LogP) is 12.2. The Kier molecular flexibility index (Phi) is 6.20. The van der Waals surface area contributed by atoms with E-state index < -0.39 is 0 Å². The van der Waals surface area contributed by atoms with Crippen LogP contribution < -0.4 is 4.90 Å². The lowest BCUT2D eigenvalue weighted by atomic mass is 9.81. The molecule has 1 aliphatic rings. The average molecular weight is 603 g/mol. The SMILES string of the molecule is CC1(C)c2cc(N(c3ccccc3)c3ccc4c5ccccc5n(-c5ccccc5)c4c3)ccc2-c2c(-c3ccccc3)cccc21. The van der Waals surface area contributed by atoms with Crippen molar-refractivity contribution in [2.24, 2.45) is 0 Å². The van der Waals surface area contributed by atoms with Crippen LogP contribution >= 0.6 is 0 Å². The van der Waals surface area contributed by atoms with Gasteiger partial charge in [0.1, 0.15) is 0 Å². The van der Waals surface area contributed by atoms with Crippen LogP contribution in [-0.4, -0.2) is 4.57 Å². The Balaban J connectivity index is 1.26. The standard InChI is InChI=1S/C45H34N2/c1-45(2)40-23-14-22-36(31-15-6-3-7-16-31)44(40)39-28-26-34(29-41(39)45)46(32-17-8-4-9-18-32)35-25-27-38-37-21-12-13-24-42(37)47(43(38)30-35)33-19-10-5-11-20-33/h3-30H,1-2H3. The van der Waals surface area contributed by atoms with E-state index in [0.29, 0.717) is 0 Å². The van der Waals surface area contributed by atoms with Crippen molar-refractivity contribution in [1.29, 1.82) is 0 Å². The number of benzene rings is 7. The van der Waals surface area contributed by atoms with Crippen LogP contribution in [0.2, 0.25) is 0 Å². The summed E-state index contributed by atoms with van der Waals surface area (Å²) in [6.45, 7) is 4.74. The topological polar surface area (TPSA) is 8.17 Å². The second-order valence-electron chi connectivity index (χ2n) is 13.0. The summed E-state index contributed by atoms with van der Waals surface area (Å²) in [7, 11) is 0. The minimum Gasteiger partial charge on any atom is -0.310 e. The molecule has 2 heteroatoms. The van der Waals surface area contributed by atoms with Gasteiger partial charge in [-0.25, -0.2) is 0 Å². The number of hydrogen-bond donors (Lipinski definition) is 0. The number of aromatic nitrogens is 1. The zero-order chi connectivity index (χ0) is 31.5. The summed E-state index contributed by atoms with van der Waals surface area (Å²) in [6.07, 6.45) is 0. The molecule has 1 aromatic heterocycles. The Hall–Kier alpha value is -5.86. The van der Waals surface area contributed by atoms with Crippen molar-refractivity contribution in [2.45, 2.75) is 19.3 Å². The number of fused-ring (bicyclic) bond motifs is 6. The maximum absolute atomic E-state index is 2.42. The van der Waals surface area contributed by atoms with Crippen LogP contribution in [0.1, 0.15) is 25.0 Å². The molecule has 0 amide bonds. The molecule has 0 fully saturated rings. The van der Waals surface area contributed by atoms with Gasteiger partial charge >= 0.3 is 0 Å². The summed E-state index contributed by atoms with van der Waals surface area (Å²) >= 11 is 0. The summed E-state index contributed by atoms with van der Waals surface area (Å²) in [5.41, 5.74) is 14.8. The number of anilines is 3. The molecule has 0 bridgehead atoms. The van der Waals surface area contributed by atoms with E-state index in [9.17, 15) is 0 Å². The average Bonchev–Trinajstić information content (AvgIpc) is 3.58. The van der Waals surface area contributed by atoms with E-state index in [1.54, 1.807) is 0 Å². The number of hydrogen-bond acceptors (Lipinski definition) is 1. The smallest absolute Gasteiger partial charge is 0.0561 e. The molecule has 0 atom stereocenters. The Labute approximate surface area is 275 Å². The van der Waals surface area contributed by atoms with Gasteiger partial charge in [-0.3, -0.25) is 0 Å². The first-order valence-corrected chi connectivity index (χ1v) is 16.4. The van der Waals surface area contributed by atoms with Gasteiger partial charge in [0, 0.05) is 38.9 Å². The van der Waals surface area contributed by atoms with Crippen LogP contribution in [0.3, 0.4) is 0 Å². The Morgan fingerprint density at radius 2 is 1.09 bits per heavy atom. The third kappa shape index (κ3) is 4.26. The highest BCUT2D eigenvalue weighted by Gasteiger charge is 2.37. The largest absolute Gasteiger partial charge is 0.310 e. The molecule has 0 spiro atoms. The minimum absolute atomic E-state index is 0.141.